The van der Waals surface area contributed by atoms with Crippen LogP contribution in [0.2, 0.25) is 0 Å². The Morgan fingerprint density at radius 2 is 2.08 bits per heavy atom. The van der Waals surface area contributed by atoms with Gasteiger partial charge < -0.3 is 10.6 Å². The molecule has 0 aliphatic carbocycles. The molecule has 2 amide bonds. The van der Waals surface area contributed by atoms with E-state index in [9.17, 15) is 4.79 Å². The number of urea groups is 1. The van der Waals surface area contributed by atoms with Crippen molar-refractivity contribution < 1.29 is 4.79 Å². The van der Waals surface area contributed by atoms with Gasteiger partial charge in [-0.05, 0) is 39.0 Å². The van der Waals surface area contributed by atoms with Crippen LogP contribution in [0.3, 0.4) is 0 Å². The predicted molar refractivity (Wildman–Crippen MR) is 94.6 cm³/mol. The molecular weight excluding hydrogens is 318 g/mol. The number of anilines is 1. The molecule has 3 rings (SSSR count). The molecule has 2 N–H and O–H groups in total. The second-order valence-electron chi connectivity index (χ2n) is 5.88. The minimum absolute atomic E-state index is 0.148. The van der Waals surface area contributed by atoms with Gasteiger partial charge in [0.15, 0.2) is 5.82 Å². The third kappa shape index (κ3) is 3.52. The van der Waals surface area contributed by atoms with Crippen molar-refractivity contribution in [3.8, 4) is 5.82 Å². The smallest absolute Gasteiger partial charge is 0.319 e. The first kappa shape index (κ1) is 16.7. The Morgan fingerprint density at radius 3 is 2.64 bits per heavy atom. The van der Waals surface area contributed by atoms with E-state index in [1.807, 2.05) is 44.8 Å². The van der Waals surface area contributed by atoms with E-state index in [-0.39, 0.29) is 12.1 Å². The molecule has 0 unspecified atom stereocenters. The third-order valence-corrected chi connectivity index (χ3v) is 4.09. The maximum atomic E-state index is 12.2. The van der Waals surface area contributed by atoms with Crippen LogP contribution >= 0.6 is 0 Å². The van der Waals surface area contributed by atoms with Crippen LogP contribution in [0.1, 0.15) is 29.9 Å². The third-order valence-electron chi connectivity index (χ3n) is 4.09. The molecule has 3 aromatic rings. The highest BCUT2D eigenvalue weighted by molar-refractivity contribution is 5.89. The average Bonchev–Trinajstić information content (AvgIpc) is 3.17. The predicted octanol–water partition coefficient (Wildman–Crippen LogP) is 2.50. The van der Waals surface area contributed by atoms with Crippen molar-refractivity contribution in [2.75, 3.05) is 5.32 Å². The standard InChI is InChI=1S/C17H21N7O/c1-11(16-12(2)22-23(4)13(16)3)20-17(25)21-14-6-7-15(18-10-14)24-9-5-8-19-24/h5-11H,1-4H3,(H2,20,21,25)/t11-/m1/s1. The Bertz CT molecular complexity index is 865. The molecule has 3 aromatic heterocycles. The van der Waals surface area contributed by atoms with E-state index in [1.54, 1.807) is 29.2 Å². The van der Waals surface area contributed by atoms with E-state index in [0.29, 0.717) is 11.5 Å². The summed E-state index contributed by atoms with van der Waals surface area (Å²) in [7, 11) is 1.89. The molecular formula is C17H21N7O. The largest absolute Gasteiger partial charge is 0.331 e. The number of hydrogen-bond donors (Lipinski definition) is 2. The second-order valence-corrected chi connectivity index (χ2v) is 5.88. The number of nitrogens with one attached hydrogen (secondary N) is 2. The molecule has 0 spiro atoms. The molecule has 0 saturated carbocycles. The summed E-state index contributed by atoms with van der Waals surface area (Å²) >= 11 is 0. The Balaban J connectivity index is 1.64. The molecule has 0 aliphatic heterocycles. The van der Waals surface area contributed by atoms with Crippen LogP contribution in [0.5, 0.6) is 0 Å². The van der Waals surface area contributed by atoms with Gasteiger partial charge in [-0.3, -0.25) is 4.68 Å². The van der Waals surface area contributed by atoms with E-state index < -0.39 is 0 Å². The highest BCUT2D eigenvalue weighted by Crippen LogP contribution is 2.20. The molecule has 3 heterocycles. The molecule has 8 nitrogen and oxygen atoms in total. The van der Waals surface area contributed by atoms with Gasteiger partial charge in [0.1, 0.15) is 0 Å². The first-order chi connectivity index (χ1) is 12.0. The number of hydrogen-bond acceptors (Lipinski definition) is 4. The lowest BCUT2D eigenvalue weighted by molar-refractivity contribution is 0.249. The van der Waals surface area contributed by atoms with Crippen LogP contribution in [0, 0.1) is 13.8 Å². The number of aryl methyl sites for hydroxylation is 2. The van der Waals surface area contributed by atoms with Gasteiger partial charge in [-0.25, -0.2) is 14.5 Å². The van der Waals surface area contributed by atoms with Crippen LogP contribution in [0.4, 0.5) is 10.5 Å². The summed E-state index contributed by atoms with van der Waals surface area (Å²) in [5, 5.41) is 14.2. The van der Waals surface area contributed by atoms with Crippen molar-refractivity contribution in [1.29, 1.82) is 0 Å². The van der Waals surface area contributed by atoms with Crippen LogP contribution < -0.4 is 10.6 Å². The highest BCUT2D eigenvalue weighted by Gasteiger charge is 2.18. The van der Waals surface area contributed by atoms with Crippen molar-refractivity contribution >= 4 is 11.7 Å². The van der Waals surface area contributed by atoms with Gasteiger partial charge in [-0.1, -0.05) is 0 Å². The number of carbonyl (C=O) groups is 1. The fraction of sp³-hybridized carbons (Fsp3) is 0.294. The molecule has 8 heteroatoms. The lowest BCUT2D eigenvalue weighted by atomic mass is 10.1. The Labute approximate surface area is 145 Å². The lowest BCUT2D eigenvalue weighted by Gasteiger charge is -2.15. The number of amides is 2. The van der Waals surface area contributed by atoms with Gasteiger partial charge >= 0.3 is 6.03 Å². The van der Waals surface area contributed by atoms with E-state index in [2.05, 4.69) is 25.8 Å². The minimum atomic E-state index is -0.288. The van der Waals surface area contributed by atoms with Gasteiger partial charge in [0.05, 0.1) is 23.6 Å². The number of nitrogens with zero attached hydrogens (tertiary/aromatic N) is 5. The molecule has 0 aromatic carbocycles. The molecule has 0 radical (unpaired) electrons. The van der Waals surface area contributed by atoms with Crippen molar-refractivity contribution in [2.45, 2.75) is 26.8 Å². The Kier molecular flexibility index (Phi) is 4.51. The van der Waals surface area contributed by atoms with Gasteiger partial charge in [0.2, 0.25) is 0 Å². The number of aromatic nitrogens is 5. The number of pyridine rings is 1. The van der Waals surface area contributed by atoms with E-state index in [4.69, 9.17) is 0 Å². The van der Waals surface area contributed by atoms with Crippen LogP contribution in [0.15, 0.2) is 36.8 Å². The Morgan fingerprint density at radius 1 is 1.28 bits per heavy atom. The fourth-order valence-electron chi connectivity index (χ4n) is 2.85. The zero-order chi connectivity index (χ0) is 18.0. The number of rotatable bonds is 4. The molecule has 0 bridgehead atoms. The maximum absolute atomic E-state index is 12.2. The zero-order valence-electron chi connectivity index (χ0n) is 14.7. The minimum Gasteiger partial charge on any atom is -0.331 e. The summed E-state index contributed by atoms with van der Waals surface area (Å²) in [5.41, 5.74) is 3.60. The fourth-order valence-corrected chi connectivity index (χ4v) is 2.85. The summed E-state index contributed by atoms with van der Waals surface area (Å²) in [6.07, 6.45) is 5.09. The van der Waals surface area contributed by atoms with E-state index in [0.717, 1.165) is 17.0 Å². The van der Waals surface area contributed by atoms with E-state index >= 15 is 0 Å². The van der Waals surface area contributed by atoms with Crippen molar-refractivity contribution in [2.24, 2.45) is 7.05 Å². The van der Waals surface area contributed by atoms with Gasteiger partial charge in [0, 0.05) is 30.7 Å². The Hall–Kier alpha value is -3.16. The molecule has 0 saturated heterocycles. The highest BCUT2D eigenvalue weighted by atomic mass is 16.2. The monoisotopic (exact) mass is 339 g/mol. The SMILES string of the molecule is Cc1nn(C)c(C)c1[C@@H](C)NC(=O)Nc1ccc(-n2cccn2)nc1. The lowest BCUT2D eigenvalue weighted by Crippen LogP contribution is -2.31. The quantitative estimate of drug-likeness (QED) is 0.764. The van der Waals surface area contributed by atoms with Gasteiger partial charge in [-0.15, -0.1) is 0 Å². The summed E-state index contributed by atoms with van der Waals surface area (Å²) in [6, 6.07) is 4.97. The van der Waals surface area contributed by atoms with E-state index in [1.165, 1.54) is 0 Å². The van der Waals surface area contributed by atoms with Gasteiger partial charge in [0.25, 0.3) is 0 Å². The summed E-state index contributed by atoms with van der Waals surface area (Å²) in [6.45, 7) is 5.87. The summed E-state index contributed by atoms with van der Waals surface area (Å²) < 4.78 is 3.47. The maximum Gasteiger partial charge on any atom is 0.319 e. The average molecular weight is 339 g/mol. The van der Waals surface area contributed by atoms with Crippen LogP contribution in [-0.4, -0.2) is 30.6 Å². The first-order valence-corrected chi connectivity index (χ1v) is 7.99. The first-order valence-electron chi connectivity index (χ1n) is 7.99. The summed E-state index contributed by atoms with van der Waals surface area (Å²) in [4.78, 5) is 16.5. The van der Waals surface area contributed by atoms with Crippen molar-refractivity contribution in [3.05, 3.63) is 53.7 Å². The molecule has 130 valence electrons. The molecule has 1 atom stereocenters. The number of carbonyl (C=O) groups excluding carboxylic acids is 1. The van der Waals surface area contributed by atoms with Crippen molar-refractivity contribution in [3.63, 3.8) is 0 Å². The van der Waals surface area contributed by atoms with Crippen LogP contribution in [0.25, 0.3) is 5.82 Å². The second kappa shape index (κ2) is 6.76. The van der Waals surface area contributed by atoms with Crippen molar-refractivity contribution in [1.82, 2.24) is 29.9 Å². The molecule has 0 aliphatic rings. The molecule has 0 fully saturated rings. The van der Waals surface area contributed by atoms with Crippen LogP contribution in [-0.2, 0) is 7.05 Å². The normalized spacial score (nSPS) is 12.0. The van der Waals surface area contributed by atoms with Gasteiger partial charge in [-0.2, -0.15) is 10.2 Å². The summed E-state index contributed by atoms with van der Waals surface area (Å²) in [5.74, 6) is 0.686. The zero-order valence-corrected chi connectivity index (χ0v) is 14.7. The molecule has 25 heavy (non-hydrogen) atoms. The topological polar surface area (TPSA) is 89.7 Å².